The average molecular weight is 261 g/mol. The van der Waals surface area contributed by atoms with Crippen LogP contribution in [-0.4, -0.2) is 34.9 Å². The van der Waals surface area contributed by atoms with Crippen LogP contribution in [-0.2, 0) is 0 Å². The number of pyridine rings is 1. The third-order valence-electron chi connectivity index (χ3n) is 3.63. The Morgan fingerprint density at radius 3 is 2.95 bits per heavy atom. The Hall–Kier alpha value is -1.58. The Morgan fingerprint density at radius 1 is 1.47 bits per heavy atom. The number of anilines is 1. The van der Waals surface area contributed by atoms with Crippen molar-refractivity contribution in [2.24, 2.45) is 0 Å². The van der Waals surface area contributed by atoms with Gasteiger partial charge in [-0.3, -0.25) is 4.79 Å². The van der Waals surface area contributed by atoms with Gasteiger partial charge in [0.1, 0.15) is 5.69 Å². The van der Waals surface area contributed by atoms with E-state index in [1.54, 1.807) is 6.20 Å². The van der Waals surface area contributed by atoms with Crippen LogP contribution in [0.1, 0.15) is 50.0 Å². The Morgan fingerprint density at radius 2 is 2.32 bits per heavy atom. The zero-order valence-electron chi connectivity index (χ0n) is 11.9. The molecule has 0 saturated carbocycles. The zero-order chi connectivity index (χ0) is 13.7. The maximum absolute atomic E-state index is 12.4. The SMILES string of the molecule is CCCNc1ccc(C(=O)N2CCCCC2C)nc1. The van der Waals surface area contributed by atoms with E-state index in [9.17, 15) is 4.79 Å². The molecule has 1 N–H and O–H groups in total. The van der Waals surface area contributed by atoms with Gasteiger partial charge in [-0.05, 0) is 44.7 Å². The number of nitrogens with one attached hydrogen (secondary N) is 1. The molecule has 2 heterocycles. The number of piperidine rings is 1. The van der Waals surface area contributed by atoms with Crippen molar-refractivity contribution in [1.29, 1.82) is 0 Å². The fraction of sp³-hybridized carbons (Fsp3) is 0.600. The lowest BCUT2D eigenvalue weighted by Crippen LogP contribution is -2.42. The van der Waals surface area contributed by atoms with E-state index in [1.807, 2.05) is 17.0 Å². The topological polar surface area (TPSA) is 45.2 Å². The summed E-state index contributed by atoms with van der Waals surface area (Å²) in [6.07, 6.45) is 6.25. The molecule has 1 aliphatic heterocycles. The molecule has 1 aliphatic rings. The molecule has 1 atom stereocenters. The van der Waals surface area contributed by atoms with Crippen LogP contribution in [0.3, 0.4) is 0 Å². The standard InChI is InChI=1S/C15H23N3O/c1-3-9-16-13-7-8-14(17-11-13)15(19)18-10-5-4-6-12(18)2/h7-8,11-12,16H,3-6,9-10H2,1-2H3. The van der Waals surface area contributed by atoms with E-state index in [1.165, 1.54) is 6.42 Å². The molecular weight excluding hydrogens is 238 g/mol. The maximum atomic E-state index is 12.4. The average Bonchev–Trinajstić information content (AvgIpc) is 2.45. The summed E-state index contributed by atoms with van der Waals surface area (Å²) in [7, 11) is 0. The minimum atomic E-state index is 0.0641. The van der Waals surface area contributed by atoms with E-state index in [4.69, 9.17) is 0 Å². The molecule has 0 aliphatic carbocycles. The molecule has 1 amide bonds. The van der Waals surface area contributed by atoms with E-state index in [0.717, 1.165) is 38.0 Å². The second-order valence-corrected chi connectivity index (χ2v) is 5.20. The largest absolute Gasteiger partial charge is 0.384 e. The summed E-state index contributed by atoms with van der Waals surface area (Å²) >= 11 is 0. The van der Waals surface area contributed by atoms with E-state index in [0.29, 0.717) is 11.7 Å². The van der Waals surface area contributed by atoms with Crippen molar-refractivity contribution in [2.45, 2.75) is 45.6 Å². The highest BCUT2D eigenvalue weighted by molar-refractivity contribution is 5.92. The number of amides is 1. The Labute approximate surface area is 115 Å². The molecule has 19 heavy (non-hydrogen) atoms. The van der Waals surface area contributed by atoms with E-state index < -0.39 is 0 Å². The normalized spacial score (nSPS) is 19.3. The van der Waals surface area contributed by atoms with Crippen LogP contribution >= 0.6 is 0 Å². The van der Waals surface area contributed by atoms with Crippen molar-refractivity contribution in [1.82, 2.24) is 9.88 Å². The van der Waals surface area contributed by atoms with Crippen LogP contribution in [0.25, 0.3) is 0 Å². The number of nitrogens with zero attached hydrogens (tertiary/aromatic N) is 2. The number of carbonyl (C=O) groups is 1. The van der Waals surface area contributed by atoms with Gasteiger partial charge in [0, 0.05) is 19.1 Å². The van der Waals surface area contributed by atoms with Crippen molar-refractivity contribution in [3.63, 3.8) is 0 Å². The first-order valence-corrected chi connectivity index (χ1v) is 7.23. The van der Waals surface area contributed by atoms with Crippen LogP contribution in [0.4, 0.5) is 5.69 Å². The first-order chi connectivity index (χ1) is 9.22. The smallest absolute Gasteiger partial charge is 0.272 e. The molecule has 4 heteroatoms. The molecule has 2 rings (SSSR count). The summed E-state index contributed by atoms with van der Waals surface area (Å²) in [5.74, 6) is 0.0641. The second-order valence-electron chi connectivity index (χ2n) is 5.20. The Kier molecular flexibility index (Phi) is 4.77. The number of hydrogen-bond acceptors (Lipinski definition) is 3. The summed E-state index contributed by atoms with van der Waals surface area (Å²) in [5.41, 5.74) is 1.53. The number of hydrogen-bond donors (Lipinski definition) is 1. The molecule has 0 aromatic carbocycles. The quantitative estimate of drug-likeness (QED) is 0.906. The molecular formula is C15H23N3O. The first-order valence-electron chi connectivity index (χ1n) is 7.23. The molecule has 0 spiro atoms. The molecule has 1 saturated heterocycles. The van der Waals surface area contributed by atoms with E-state index >= 15 is 0 Å². The Balaban J connectivity index is 2.02. The fourth-order valence-electron chi connectivity index (χ4n) is 2.44. The highest BCUT2D eigenvalue weighted by atomic mass is 16.2. The number of rotatable bonds is 4. The van der Waals surface area contributed by atoms with Crippen LogP contribution in [0.15, 0.2) is 18.3 Å². The van der Waals surface area contributed by atoms with Gasteiger partial charge in [-0.2, -0.15) is 0 Å². The first kappa shape index (κ1) is 13.8. The number of carbonyl (C=O) groups excluding carboxylic acids is 1. The van der Waals surface area contributed by atoms with Gasteiger partial charge in [-0.15, -0.1) is 0 Å². The lowest BCUT2D eigenvalue weighted by molar-refractivity contribution is 0.0629. The van der Waals surface area contributed by atoms with Gasteiger partial charge in [0.25, 0.3) is 5.91 Å². The summed E-state index contributed by atoms with van der Waals surface area (Å²) < 4.78 is 0. The summed E-state index contributed by atoms with van der Waals surface area (Å²) in [5, 5.41) is 3.26. The molecule has 0 bridgehead atoms. The van der Waals surface area contributed by atoms with Crippen molar-refractivity contribution < 1.29 is 4.79 Å². The number of likely N-dealkylation sites (tertiary alicyclic amines) is 1. The van der Waals surface area contributed by atoms with Crippen LogP contribution in [0, 0.1) is 0 Å². The second kappa shape index (κ2) is 6.55. The van der Waals surface area contributed by atoms with Gasteiger partial charge in [0.05, 0.1) is 11.9 Å². The summed E-state index contributed by atoms with van der Waals surface area (Å²) in [4.78, 5) is 18.6. The highest BCUT2D eigenvalue weighted by Gasteiger charge is 2.24. The lowest BCUT2D eigenvalue weighted by atomic mass is 10.0. The van der Waals surface area contributed by atoms with Gasteiger partial charge in [-0.1, -0.05) is 6.92 Å². The molecule has 1 fully saturated rings. The lowest BCUT2D eigenvalue weighted by Gasteiger charge is -2.33. The van der Waals surface area contributed by atoms with Crippen molar-refractivity contribution in [3.8, 4) is 0 Å². The van der Waals surface area contributed by atoms with Crippen molar-refractivity contribution in [3.05, 3.63) is 24.0 Å². The monoisotopic (exact) mass is 261 g/mol. The summed E-state index contributed by atoms with van der Waals surface area (Å²) in [6, 6.07) is 4.09. The zero-order valence-corrected chi connectivity index (χ0v) is 11.9. The molecule has 104 valence electrons. The fourth-order valence-corrected chi connectivity index (χ4v) is 2.44. The van der Waals surface area contributed by atoms with Gasteiger partial charge in [0.15, 0.2) is 0 Å². The predicted octanol–water partition coefficient (Wildman–Crippen LogP) is 2.92. The third-order valence-corrected chi connectivity index (χ3v) is 3.63. The summed E-state index contributed by atoms with van der Waals surface area (Å²) in [6.45, 7) is 6.03. The third kappa shape index (κ3) is 3.46. The molecule has 4 nitrogen and oxygen atoms in total. The van der Waals surface area contributed by atoms with Gasteiger partial charge in [-0.25, -0.2) is 4.98 Å². The molecule has 1 aromatic rings. The van der Waals surface area contributed by atoms with Crippen LogP contribution in [0.5, 0.6) is 0 Å². The predicted molar refractivity (Wildman–Crippen MR) is 77.4 cm³/mol. The number of aromatic nitrogens is 1. The van der Waals surface area contributed by atoms with Gasteiger partial charge < -0.3 is 10.2 Å². The van der Waals surface area contributed by atoms with Crippen LogP contribution in [0.2, 0.25) is 0 Å². The maximum Gasteiger partial charge on any atom is 0.272 e. The van der Waals surface area contributed by atoms with Crippen LogP contribution < -0.4 is 5.32 Å². The van der Waals surface area contributed by atoms with Gasteiger partial charge >= 0.3 is 0 Å². The Bertz CT molecular complexity index is 416. The van der Waals surface area contributed by atoms with Crippen molar-refractivity contribution >= 4 is 11.6 Å². The minimum absolute atomic E-state index is 0.0641. The molecule has 0 radical (unpaired) electrons. The highest BCUT2D eigenvalue weighted by Crippen LogP contribution is 2.19. The van der Waals surface area contributed by atoms with Gasteiger partial charge in [0.2, 0.25) is 0 Å². The van der Waals surface area contributed by atoms with E-state index in [-0.39, 0.29) is 5.91 Å². The van der Waals surface area contributed by atoms with Crippen molar-refractivity contribution in [2.75, 3.05) is 18.4 Å². The minimum Gasteiger partial charge on any atom is -0.384 e. The van der Waals surface area contributed by atoms with E-state index in [2.05, 4.69) is 24.1 Å². The molecule has 1 unspecified atom stereocenters. The molecule has 1 aromatic heterocycles.